The van der Waals surface area contributed by atoms with Crippen molar-refractivity contribution in [2.45, 2.75) is 19.3 Å². The molecule has 0 unspecified atom stereocenters. The molecule has 0 aliphatic rings. The normalized spacial score (nSPS) is 10.9. The number of carbonyl (C=O) groups excluding carboxylic acids is 1. The van der Waals surface area contributed by atoms with Gasteiger partial charge in [-0.2, -0.15) is 0 Å². The van der Waals surface area contributed by atoms with E-state index in [0.717, 1.165) is 18.2 Å². The van der Waals surface area contributed by atoms with Crippen molar-refractivity contribution in [3.63, 3.8) is 0 Å². The maximum atomic E-state index is 12.6. The molecular weight excluding hydrogens is 271 g/mol. The van der Waals surface area contributed by atoms with Gasteiger partial charge in [0.05, 0.1) is 0 Å². The van der Waals surface area contributed by atoms with E-state index >= 15 is 0 Å². The van der Waals surface area contributed by atoms with E-state index in [9.17, 15) is 9.18 Å². The van der Waals surface area contributed by atoms with Gasteiger partial charge in [-0.25, -0.2) is 4.39 Å². The Morgan fingerprint density at radius 2 is 1.94 bits per heavy atom. The smallest absolute Gasteiger partial charge is 0.162 e. The van der Waals surface area contributed by atoms with Crippen molar-refractivity contribution >= 4 is 21.7 Å². The molecule has 0 saturated heterocycles. The summed E-state index contributed by atoms with van der Waals surface area (Å²) in [6.45, 7) is 0. The average molecular weight is 285 g/mol. The van der Waals surface area contributed by atoms with Gasteiger partial charge in [0.2, 0.25) is 0 Å². The molecule has 0 heterocycles. The molecule has 1 aromatic rings. The van der Waals surface area contributed by atoms with Crippen molar-refractivity contribution in [3.8, 4) is 0 Å². The first-order chi connectivity index (χ1) is 7.74. The molecule has 1 aromatic carbocycles. The second kappa shape index (κ2) is 7.34. The molecule has 0 aliphatic carbocycles. The summed E-state index contributed by atoms with van der Waals surface area (Å²) in [6.07, 6.45) is 6.31. The molecule has 0 bridgehead atoms. The maximum Gasteiger partial charge on any atom is 0.162 e. The summed E-state index contributed by atoms with van der Waals surface area (Å²) >= 11 is 3.28. The third kappa shape index (κ3) is 4.71. The Morgan fingerprint density at radius 3 is 2.56 bits per heavy atom. The molecule has 0 amide bonds. The molecule has 0 fully saturated rings. The van der Waals surface area contributed by atoms with Crippen molar-refractivity contribution in [2.24, 2.45) is 0 Å². The van der Waals surface area contributed by atoms with Crippen LogP contribution in [0.4, 0.5) is 4.39 Å². The Morgan fingerprint density at radius 1 is 1.25 bits per heavy atom. The van der Waals surface area contributed by atoms with Crippen LogP contribution in [-0.2, 0) is 0 Å². The van der Waals surface area contributed by atoms with Gasteiger partial charge in [-0.05, 0) is 37.1 Å². The molecule has 0 atom stereocenters. The lowest BCUT2D eigenvalue weighted by Gasteiger charge is -1.99. The fourth-order valence-electron chi connectivity index (χ4n) is 1.34. The fourth-order valence-corrected chi connectivity index (χ4v) is 1.61. The molecule has 0 saturated carbocycles. The van der Waals surface area contributed by atoms with Gasteiger partial charge in [0.1, 0.15) is 5.82 Å². The predicted molar refractivity (Wildman–Crippen MR) is 67.5 cm³/mol. The lowest BCUT2D eigenvalue weighted by Crippen LogP contribution is -1.98. The van der Waals surface area contributed by atoms with Gasteiger partial charge in [0.15, 0.2) is 5.78 Å². The predicted octanol–water partition coefficient (Wildman–Crippen LogP) is 4.13. The minimum atomic E-state index is -0.309. The lowest BCUT2D eigenvalue weighted by molar-refractivity contribution is 0.0980. The Bertz CT molecular complexity index is 357. The van der Waals surface area contributed by atoms with Gasteiger partial charge in [0.25, 0.3) is 0 Å². The van der Waals surface area contributed by atoms with Crippen LogP contribution in [0.5, 0.6) is 0 Å². The topological polar surface area (TPSA) is 17.1 Å². The molecule has 0 aliphatic heterocycles. The summed E-state index contributed by atoms with van der Waals surface area (Å²) in [5.41, 5.74) is 0.589. The average Bonchev–Trinajstić information content (AvgIpc) is 2.29. The minimum absolute atomic E-state index is 0.0762. The van der Waals surface area contributed by atoms with Crippen molar-refractivity contribution in [2.75, 3.05) is 5.33 Å². The zero-order chi connectivity index (χ0) is 11.8. The quantitative estimate of drug-likeness (QED) is 0.332. The number of hydrogen-bond donors (Lipinski definition) is 0. The number of alkyl halides is 1. The summed E-state index contributed by atoms with van der Waals surface area (Å²) in [6, 6.07) is 5.70. The standard InChI is InChI=1S/C13H14BrFO/c14-10-4-2-1-3-5-13(16)11-6-8-12(15)9-7-11/h2,4,6-9H,1,3,5,10H2/b4-2+. The van der Waals surface area contributed by atoms with Gasteiger partial charge in [0, 0.05) is 17.3 Å². The monoisotopic (exact) mass is 284 g/mol. The van der Waals surface area contributed by atoms with Crippen LogP contribution >= 0.6 is 15.9 Å². The third-order valence-electron chi connectivity index (χ3n) is 2.20. The van der Waals surface area contributed by atoms with Crippen molar-refractivity contribution in [3.05, 3.63) is 47.8 Å². The van der Waals surface area contributed by atoms with E-state index in [1.54, 1.807) is 0 Å². The summed E-state index contributed by atoms with van der Waals surface area (Å²) in [5, 5.41) is 0.846. The number of rotatable bonds is 6. The van der Waals surface area contributed by atoms with Gasteiger partial charge in [-0.15, -0.1) is 0 Å². The summed E-state index contributed by atoms with van der Waals surface area (Å²) in [5.74, 6) is -0.232. The highest BCUT2D eigenvalue weighted by Crippen LogP contribution is 2.08. The highest BCUT2D eigenvalue weighted by atomic mass is 79.9. The van der Waals surface area contributed by atoms with Crippen LogP contribution in [0.1, 0.15) is 29.6 Å². The van der Waals surface area contributed by atoms with E-state index in [-0.39, 0.29) is 11.6 Å². The molecule has 0 radical (unpaired) electrons. The molecule has 3 heteroatoms. The number of Topliss-reactive ketones (excluding diaryl/α,β-unsaturated/α-hetero) is 1. The minimum Gasteiger partial charge on any atom is -0.294 e. The highest BCUT2D eigenvalue weighted by molar-refractivity contribution is 9.09. The number of benzene rings is 1. The summed E-state index contributed by atoms with van der Waals surface area (Å²) in [4.78, 5) is 11.6. The van der Waals surface area contributed by atoms with Gasteiger partial charge < -0.3 is 0 Å². The number of allylic oxidation sites excluding steroid dienone is 2. The SMILES string of the molecule is O=C(CCC/C=C/CBr)c1ccc(F)cc1. The number of hydrogen-bond acceptors (Lipinski definition) is 1. The van der Waals surface area contributed by atoms with Crippen molar-refractivity contribution in [1.82, 2.24) is 0 Å². The van der Waals surface area contributed by atoms with Gasteiger partial charge in [-0.3, -0.25) is 4.79 Å². The first kappa shape index (κ1) is 13.1. The van der Waals surface area contributed by atoms with Crippen LogP contribution in [0, 0.1) is 5.82 Å². The number of carbonyl (C=O) groups is 1. The van der Waals surface area contributed by atoms with Gasteiger partial charge in [-0.1, -0.05) is 28.1 Å². The Balaban J connectivity index is 2.35. The summed E-state index contributed by atoms with van der Waals surface area (Å²) in [7, 11) is 0. The van der Waals surface area contributed by atoms with Gasteiger partial charge >= 0.3 is 0 Å². The molecule has 16 heavy (non-hydrogen) atoms. The van der Waals surface area contributed by atoms with Crippen molar-refractivity contribution in [1.29, 1.82) is 0 Å². The summed E-state index contributed by atoms with van der Waals surface area (Å²) < 4.78 is 12.6. The van der Waals surface area contributed by atoms with Crippen LogP contribution in [0.25, 0.3) is 0 Å². The van der Waals surface area contributed by atoms with E-state index in [2.05, 4.69) is 15.9 Å². The van der Waals surface area contributed by atoms with Crippen LogP contribution in [0.2, 0.25) is 0 Å². The molecule has 0 N–H and O–H groups in total. The molecule has 1 rings (SSSR count). The Hall–Kier alpha value is -0.960. The van der Waals surface area contributed by atoms with E-state index in [4.69, 9.17) is 0 Å². The fraction of sp³-hybridized carbons (Fsp3) is 0.308. The van der Waals surface area contributed by atoms with Crippen LogP contribution in [0.3, 0.4) is 0 Å². The Kier molecular flexibility index (Phi) is 6.01. The largest absolute Gasteiger partial charge is 0.294 e. The molecule has 0 spiro atoms. The second-order valence-corrected chi connectivity index (χ2v) is 4.10. The van der Waals surface area contributed by atoms with Crippen LogP contribution < -0.4 is 0 Å². The first-order valence-corrected chi connectivity index (χ1v) is 6.36. The number of halogens is 2. The van der Waals surface area contributed by atoms with Crippen LogP contribution in [0.15, 0.2) is 36.4 Å². The zero-order valence-electron chi connectivity index (χ0n) is 8.96. The number of unbranched alkanes of at least 4 members (excludes halogenated alkanes) is 1. The van der Waals surface area contributed by atoms with E-state index < -0.39 is 0 Å². The zero-order valence-corrected chi connectivity index (χ0v) is 10.5. The second-order valence-electron chi connectivity index (χ2n) is 3.45. The van der Waals surface area contributed by atoms with E-state index in [1.165, 1.54) is 24.3 Å². The maximum absolute atomic E-state index is 12.6. The first-order valence-electron chi connectivity index (χ1n) is 5.24. The van der Waals surface area contributed by atoms with E-state index in [1.807, 2.05) is 12.2 Å². The molecule has 0 aromatic heterocycles. The van der Waals surface area contributed by atoms with Crippen molar-refractivity contribution < 1.29 is 9.18 Å². The molecule has 86 valence electrons. The third-order valence-corrected chi connectivity index (χ3v) is 2.57. The molecular formula is C13H14BrFO. The highest BCUT2D eigenvalue weighted by Gasteiger charge is 2.04. The molecule has 1 nitrogen and oxygen atoms in total. The Labute approximate surface area is 103 Å². The van der Waals surface area contributed by atoms with Crippen LogP contribution in [-0.4, -0.2) is 11.1 Å². The lowest BCUT2D eigenvalue weighted by atomic mass is 10.1. The number of ketones is 1. The van der Waals surface area contributed by atoms with E-state index in [0.29, 0.717) is 12.0 Å².